The van der Waals surface area contributed by atoms with Crippen LogP contribution in [0.5, 0.6) is 5.75 Å². The maximum atomic E-state index is 12.9. The molecule has 0 saturated carbocycles. The average Bonchev–Trinajstić information content (AvgIpc) is 2.12. The number of halogens is 2. The van der Waals surface area contributed by atoms with Gasteiger partial charge in [-0.25, -0.2) is 4.39 Å². The van der Waals surface area contributed by atoms with Gasteiger partial charge in [0.15, 0.2) is 0 Å². The Morgan fingerprint density at radius 3 is 2.77 bits per heavy atom. The summed E-state index contributed by atoms with van der Waals surface area (Å²) in [5.41, 5.74) is 5.73. The van der Waals surface area contributed by atoms with E-state index in [2.05, 4.69) is 0 Å². The fraction of sp³-hybridized carbons (Fsp3) is 0.333. The summed E-state index contributed by atoms with van der Waals surface area (Å²) in [5.74, 6) is -0.480. The summed E-state index contributed by atoms with van der Waals surface area (Å²) in [6.45, 7) is 0.492. The molecule has 0 amide bonds. The standard InChI is InChI=1S/C9H11ClFNO/c10-9-6(2-1-5-12)8(13)4-3-7(9)11/h3-4,13H,1-2,5,12H2. The Morgan fingerprint density at radius 1 is 1.46 bits per heavy atom. The molecule has 3 N–H and O–H groups in total. The van der Waals surface area contributed by atoms with Crippen molar-refractivity contribution in [3.8, 4) is 5.75 Å². The van der Waals surface area contributed by atoms with Gasteiger partial charge < -0.3 is 10.8 Å². The van der Waals surface area contributed by atoms with Crippen molar-refractivity contribution in [2.75, 3.05) is 6.54 Å². The Balaban J connectivity index is 2.96. The number of hydrogen-bond acceptors (Lipinski definition) is 2. The molecule has 0 atom stereocenters. The summed E-state index contributed by atoms with van der Waals surface area (Å²) in [4.78, 5) is 0. The minimum Gasteiger partial charge on any atom is -0.508 e. The molecule has 72 valence electrons. The first-order valence-electron chi connectivity index (χ1n) is 4.02. The summed E-state index contributed by atoms with van der Waals surface area (Å²) in [6, 6.07) is 2.44. The number of nitrogens with two attached hydrogens (primary N) is 1. The van der Waals surface area contributed by atoms with Gasteiger partial charge in [0.05, 0.1) is 5.02 Å². The smallest absolute Gasteiger partial charge is 0.142 e. The molecule has 0 aliphatic rings. The SMILES string of the molecule is NCCCc1c(O)ccc(F)c1Cl. The van der Waals surface area contributed by atoms with Crippen molar-refractivity contribution in [1.29, 1.82) is 0 Å². The van der Waals surface area contributed by atoms with Crippen LogP contribution in [0.1, 0.15) is 12.0 Å². The van der Waals surface area contributed by atoms with Crippen LogP contribution in [0.3, 0.4) is 0 Å². The van der Waals surface area contributed by atoms with E-state index in [-0.39, 0.29) is 10.8 Å². The molecule has 0 aromatic heterocycles. The Bertz CT molecular complexity index is 304. The van der Waals surface area contributed by atoms with Crippen LogP contribution in [0.25, 0.3) is 0 Å². The molecule has 2 nitrogen and oxygen atoms in total. The van der Waals surface area contributed by atoms with E-state index in [9.17, 15) is 9.50 Å². The van der Waals surface area contributed by atoms with Crippen LogP contribution in [0.4, 0.5) is 4.39 Å². The highest BCUT2D eigenvalue weighted by Gasteiger charge is 2.10. The van der Waals surface area contributed by atoms with Crippen LogP contribution in [-0.4, -0.2) is 11.7 Å². The highest BCUT2D eigenvalue weighted by atomic mass is 35.5. The molecule has 4 heteroatoms. The van der Waals surface area contributed by atoms with Crippen LogP contribution in [0.15, 0.2) is 12.1 Å². The molecule has 0 aliphatic heterocycles. The molecule has 1 aromatic carbocycles. The van der Waals surface area contributed by atoms with Gasteiger partial charge >= 0.3 is 0 Å². The topological polar surface area (TPSA) is 46.2 Å². The van der Waals surface area contributed by atoms with Gasteiger partial charge in [0, 0.05) is 5.56 Å². The quantitative estimate of drug-likeness (QED) is 0.790. The average molecular weight is 204 g/mol. The van der Waals surface area contributed by atoms with Gasteiger partial charge in [0.25, 0.3) is 0 Å². The maximum absolute atomic E-state index is 12.9. The van der Waals surface area contributed by atoms with Crippen LogP contribution in [-0.2, 0) is 6.42 Å². The summed E-state index contributed by atoms with van der Waals surface area (Å²) in [7, 11) is 0. The zero-order valence-corrected chi connectivity index (χ0v) is 7.81. The van der Waals surface area contributed by atoms with Gasteiger partial charge in [0.2, 0.25) is 0 Å². The molecule has 0 unspecified atom stereocenters. The summed E-state index contributed by atoms with van der Waals surface area (Å²) in [5, 5.41) is 9.34. The van der Waals surface area contributed by atoms with Gasteiger partial charge in [0.1, 0.15) is 11.6 Å². The number of hydrogen-bond donors (Lipinski definition) is 2. The van der Waals surface area contributed by atoms with Crippen molar-refractivity contribution in [1.82, 2.24) is 0 Å². The summed E-state index contributed by atoms with van der Waals surface area (Å²) < 4.78 is 12.9. The van der Waals surface area contributed by atoms with Crippen molar-refractivity contribution in [3.63, 3.8) is 0 Å². The lowest BCUT2D eigenvalue weighted by Gasteiger charge is -2.06. The van der Waals surface area contributed by atoms with Crippen LogP contribution in [0.2, 0.25) is 5.02 Å². The van der Waals surface area contributed by atoms with Crippen molar-refractivity contribution in [3.05, 3.63) is 28.5 Å². The first kappa shape index (κ1) is 10.3. The largest absolute Gasteiger partial charge is 0.508 e. The molecular formula is C9H11ClFNO. The Hall–Kier alpha value is -0.800. The number of rotatable bonds is 3. The monoisotopic (exact) mass is 203 g/mol. The molecule has 0 radical (unpaired) electrons. The zero-order chi connectivity index (χ0) is 9.84. The zero-order valence-electron chi connectivity index (χ0n) is 7.06. The molecule has 1 rings (SSSR count). The van der Waals surface area contributed by atoms with Crippen molar-refractivity contribution < 1.29 is 9.50 Å². The lowest BCUT2D eigenvalue weighted by molar-refractivity contribution is 0.464. The molecule has 13 heavy (non-hydrogen) atoms. The minimum atomic E-state index is -0.508. The maximum Gasteiger partial charge on any atom is 0.142 e. The fourth-order valence-electron chi connectivity index (χ4n) is 1.10. The molecule has 0 spiro atoms. The molecule has 0 aliphatic carbocycles. The Kier molecular flexibility index (Phi) is 3.51. The second-order valence-corrected chi connectivity index (χ2v) is 3.13. The lowest BCUT2D eigenvalue weighted by atomic mass is 10.1. The molecule has 0 bridgehead atoms. The highest BCUT2D eigenvalue weighted by molar-refractivity contribution is 6.31. The van der Waals surface area contributed by atoms with E-state index in [1.54, 1.807) is 0 Å². The number of phenols is 1. The van der Waals surface area contributed by atoms with Crippen molar-refractivity contribution in [2.45, 2.75) is 12.8 Å². The first-order chi connectivity index (χ1) is 6.16. The van der Waals surface area contributed by atoms with Gasteiger partial charge in [-0.05, 0) is 31.5 Å². The highest BCUT2D eigenvalue weighted by Crippen LogP contribution is 2.28. The normalized spacial score (nSPS) is 10.4. The van der Waals surface area contributed by atoms with E-state index < -0.39 is 5.82 Å². The van der Waals surface area contributed by atoms with E-state index in [0.29, 0.717) is 24.9 Å². The van der Waals surface area contributed by atoms with Gasteiger partial charge in [-0.15, -0.1) is 0 Å². The van der Waals surface area contributed by atoms with Crippen molar-refractivity contribution >= 4 is 11.6 Å². The second kappa shape index (κ2) is 4.44. The van der Waals surface area contributed by atoms with E-state index in [1.807, 2.05) is 0 Å². The Morgan fingerprint density at radius 2 is 2.15 bits per heavy atom. The predicted molar refractivity (Wildman–Crippen MR) is 50.5 cm³/mol. The van der Waals surface area contributed by atoms with Gasteiger partial charge in [-0.1, -0.05) is 11.6 Å². The van der Waals surface area contributed by atoms with Crippen molar-refractivity contribution in [2.24, 2.45) is 5.73 Å². The summed E-state index contributed by atoms with van der Waals surface area (Å²) >= 11 is 5.66. The number of aromatic hydroxyl groups is 1. The van der Waals surface area contributed by atoms with E-state index in [0.717, 1.165) is 6.07 Å². The Labute approximate surface area is 81.1 Å². The number of benzene rings is 1. The van der Waals surface area contributed by atoms with Gasteiger partial charge in [-0.2, -0.15) is 0 Å². The first-order valence-corrected chi connectivity index (χ1v) is 4.40. The lowest BCUT2D eigenvalue weighted by Crippen LogP contribution is -2.01. The van der Waals surface area contributed by atoms with Crippen LogP contribution >= 0.6 is 11.6 Å². The fourth-order valence-corrected chi connectivity index (χ4v) is 1.35. The third-order valence-electron chi connectivity index (χ3n) is 1.80. The molecule has 1 aromatic rings. The van der Waals surface area contributed by atoms with Gasteiger partial charge in [-0.3, -0.25) is 0 Å². The van der Waals surface area contributed by atoms with E-state index in [4.69, 9.17) is 17.3 Å². The van der Waals surface area contributed by atoms with E-state index in [1.165, 1.54) is 6.07 Å². The third-order valence-corrected chi connectivity index (χ3v) is 2.21. The number of phenolic OH excluding ortho intramolecular Hbond substituents is 1. The predicted octanol–water partition coefficient (Wildman–Crippen LogP) is 2.08. The minimum absolute atomic E-state index is 0.00606. The molecule has 0 heterocycles. The van der Waals surface area contributed by atoms with E-state index >= 15 is 0 Å². The molecular weight excluding hydrogens is 193 g/mol. The second-order valence-electron chi connectivity index (χ2n) is 2.75. The van der Waals surface area contributed by atoms with Crippen LogP contribution in [0, 0.1) is 5.82 Å². The van der Waals surface area contributed by atoms with Crippen LogP contribution < -0.4 is 5.73 Å². The molecule has 0 saturated heterocycles. The summed E-state index contributed by atoms with van der Waals surface area (Å²) in [6.07, 6.45) is 1.18. The molecule has 0 fully saturated rings. The third kappa shape index (κ3) is 2.32.